The standard InChI is InChI=1S/C15H16N4O3/c1-21-13-2-3-14(18-17-13)22-12-6-9-19(10-12)15(20)11-4-7-16-8-5-11/h2-5,7-8,12H,6,9-10H2,1H3/t12-/m0/s1. The van der Waals surface area contributed by atoms with Crippen LogP contribution in [0.25, 0.3) is 0 Å². The molecule has 3 rings (SSSR count). The maximum Gasteiger partial charge on any atom is 0.254 e. The molecule has 114 valence electrons. The van der Waals surface area contributed by atoms with E-state index in [0.29, 0.717) is 30.4 Å². The van der Waals surface area contributed by atoms with E-state index >= 15 is 0 Å². The Balaban J connectivity index is 1.59. The predicted molar refractivity (Wildman–Crippen MR) is 77.8 cm³/mol. The van der Waals surface area contributed by atoms with Crippen molar-refractivity contribution in [3.63, 3.8) is 0 Å². The Morgan fingerprint density at radius 2 is 1.91 bits per heavy atom. The second-order valence-electron chi connectivity index (χ2n) is 4.93. The van der Waals surface area contributed by atoms with E-state index < -0.39 is 0 Å². The monoisotopic (exact) mass is 300 g/mol. The number of pyridine rings is 1. The number of hydrogen-bond donors (Lipinski definition) is 0. The summed E-state index contributed by atoms with van der Waals surface area (Å²) in [6.45, 7) is 1.20. The molecule has 1 saturated heterocycles. The first-order chi connectivity index (χ1) is 10.8. The Morgan fingerprint density at radius 3 is 2.59 bits per heavy atom. The van der Waals surface area contributed by atoms with Gasteiger partial charge in [-0.1, -0.05) is 0 Å². The molecule has 0 saturated carbocycles. The number of carbonyl (C=O) groups is 1. The fourth-order valence-electron chi connectivity index (χ4n) is 2.34. The third-order valence-corrected chi connectivity index (χ3v) is 3.47. The Kier molecular flexibility index (Phi) is 4.13. The molecule has 0 aromatic carbocycles. The predicted octanol–water partition coefficient (Wildman–Crippen LogP) is 1.17. The van der Waals surface area contributed by atoms with Crippen LogP contribution in [0.4, 0.5) is 0 Å². The zero-order chi connectivity index (χ0) is 15.4. The summed E-state index contributed by atoms with van der Waals surface area (Å²) in [4.78, 5) is 18.0. The van der Waals surface area contributed by atoms with E-state index in [1.807, 2.05) is 0 Å². The number of nitrogens with zero attached hydrogens (tertiary/aromatic N) is 4. The average molecular weight is 300 g/mol. The molecule has 1 atom stereocenters. The normalized spacial score (nSPS) is 17.3. The van der Waals surface area contributed by atoms with Crippen LogP contribution in [0.3, 0.4) is 0 Å². The number of likely N-dealkylation sites (tertiary alicyclic amines) is 1. The highest BCUT2D eigenvalue weighted by molar-refractivity contribution is 5.94. The number of hydrogen-bond acceptors (Lipinski definition) is 6. The Morgan fingerprint density at radius 1 is 1.18 bits per heavy atom. The molecule has 22 heavy (non-hydrogen) atoms. The van der Waals surface area contributed by atoms with Crippen LogP contribution in [0.1, 0.15) is 16.8 Å². The largest absolute Gasteiger partial charge is 0.480 e. The molecular formula is C15H16N4O3. The van der Waals surface area contributed by atoms with E-state index in [1.54, 1.807) is 41.6 Å². The van der Waals surface area contributed by atoms with E-state index in [0.717, 1.165) is 6.42 Å². The van der Waals surface area contributed by atoms with Crippen LogP contribution in [0.15, 0.2) is 36.7 Å². The van der Waals surface area contributed by atoms with Gasteiger partial charge in [0.15, 0.2) is 0 Å². The van der Waals surface area contributed by atoms with Crippen molar-refractivity contribution < 1.29 is 14.3 Å². The van der Waals surface area contributed by atoms with Gasteiger partial charge in [0.05, 0.1) is 13.7 Å². The smallest absolute Gasteiger partial charge is 0.254 e. The summed E-state index contributed by atoms with van der Waals surface area (Å²) < 4.78 is 10.7. The SMILES string of the molecule is COc1ccc(O[C@H]2CCN(C(=O)c3ccncc3)C2)nn1. The highest BCUT2D eigenvalue weighted by Gasteiger charge is 2.28. The summed E-state index contributed by atoms with van der Waals surface area (Å²) in [6, 6.07) is 6.83. The molecule has 0 unspecified atom stereocenters. The van der Waals surface area contributed by atoms with E-state index in [4.69, 9.17) is 9.47 Å². The molecule has 1 aliphatic rings. The fourth-order valence-corrected chi connectivity index (χ4v) is 2.34. The van der Waals surface area contributed by atoms with Crippen LogP contribution in [0, 0.1) is 0 Å². The van der Waals surface area contributed by atoms with Crippen LogP contribution < -0.4 is 9.47 Å². The van der Waals surface area contributed by atoms with Crippen molar-refractivity contribution in [2.24, 2.45) is 0 Å². The van der Waals surface area contributed by atoms with Gasteiger partial charge in [0.2, 0.25) is 11.8 Å². The fraction of sp³-hybridized carbons (Fsp3) is 0.333. The van der Waals surface area contributed by atoms with E-state index in [1.165, 1.54) is 7.11 Å². The molecule has 7 nitrogen and oxygen atoms in total. The first-order valence-corrected chi connectivity index (χ1v) is 7.00. The molecule has 2 aromatic rings. The average Bonchev–Trinajstić information content (AvgIpc) is 3.04. The summed E-state index contributed by atoms with van der Waals surface area (Å²) in [7, 11) is 1.53. The molecule has 0 radical (unpaired) electrons. The number of amides is 1. The maximum atomic E-state index is 12.3. The Hall–Kier alpha value is -2.70. The van der Waals surface area contributed by atoms with Crippen molar-refractivity contribution in [3.8, 4) is 11.8 Å². The van der Waals surface area contributed by atoms with Crippen molar-refractivity contribution in [2.75, 3.05) is 20.2 Å². The third kappa shape index (κ3) is 3.13. The molecular weight excluding hydrogens is 284 g/mol. The lowest BCUT2D eigenvalue weighted by Crippen LogP contribution is -2.31. The first-order valence-electron chi connectivity index (χ1n) is 7.00. The number of carbonyl (C=O) groups excluding carboxylic acids is 1. The lowest BCUT2D eigenvalue weighted by Gasteiger charge is -2.16. The summed E-state index contributed by atoms with van der Waals surface area (Å²) in [6.07, 6.45) is 3.92. The van der Waals surface area contributed by atoms with Gasteiger partial charge in [0, 0.05) is 43.1 Å². The topological polar surface area (TPSA) is 77.4 Å². The molecule has 0 bridgehead atoms. The lowest BCUT2D eigenvalue weighted by atomic mass is 10.2. The second-order valence-corrected chi connectivity index (χ2v) is 4.93. The van der Waals surface area contributed by atoms with Crippen LogP contribution in [-0.2, 0) is 0 Å². The summed E-state index contributed by atoms with van der Waals surface area (Å²) in [5, 5.41) is 7.79. The van der Waals surface area contributed by atoms with E-state index in [-0.39, 0.29) is 12.0 Å². The quantitative estimate of drug-likeness (QED) is 0.843. The third-order valence-electron chi connectivity index (χ3n) is 3.47. The maximum absolute atomic E-state index is 12.3. The van der Waals surface area contributed by atoms with Crippen molar-refractivity contribution in [1.82, 2.24) is 20.1 Å². The van der Waals surface area contributed by atoms with Gasteiger partial charge in [-0.15, -0.1) is 10.2 Å². The molecule has 1 amide bonds. The number of ether oxygens (including phenoxy) is 2. The van der Waals surface area contributed by atoms with Gasteiger partial charge >= 0.3 is 0 Å². The van der Waals surface area contributed by atoms with Crippen LogP contribution in [0.2, 0.25) is 0 Å². The van der Waals surface area contributed by atoms with Crippen molar-refractivity contribution in [3.05, 3.63) is 42.2 Å². The van der Waals surface area contributed by atoms with Gasteiger partial charge in [-0.25, -0.2) is 0 Å². The summed E-state index contributed by atoms with van der Waals surface area (Å²) >= 11 is 0. The number of rotatable bonds is 4. The zero-order valence-corrected chi connectivity index (χ0v) is 12.2. The van der Waals surface area contributed by atoms with Gasteiger partial charge in [-0.3, -0.25) is 9.78 Å². The molecule has 3 heterocycles. The minimum Gasteiger partial charge on any atom is -0.480 e. The minimum atomic E-state index is -0.0755. The van der Waals surface area contributed by atoms with E-state index in [2.05, 4.69) is 15.2 Å². The highest BCUT2D eigenvalue weighted by Crippen LogP contribution is 2.19. The lowest BCUT2D eigenvalue weighted by molar-refractivity contribution is 0.0771. The first kappa shape index (κ1) is 14.2. The minimum absolute atomic E-state index is 0.00526. The van der Waals surface area contributed by atoms with Crippen LogP contribution in [-0.4, -0.2) is 52.3 Å². The Labute approximate surface area is 127 Å². The van der Waals surface area contributed by atoms with Gasteiger partial charge in [-0.05, 0) is 12.1 Å². The molecule has 0 spiro atoms. The molecule has 0 aliphatic carbocycles. The number of aromatic nitrogens is 3. The summed E-state index contributed by atoms with van der Waals surface area (Å²) in [5.41, 5.74) is 0.639. The van der Waals surface area contributed by atoms with Crippen molar-refractivity contribution in [1.29, 1.82) is 0 Å². The number of methoxy groups -OCH3 is 1. The van der Waals surface area contributed by atoms with Gasteiger partial charge in [-0.2, -0.15) is 0 Å². The summed E-state index contributed by atoms with van der Waals surface area (Å²) in [5.74, 6) is 0.867. The Bertz CT molecular complexity index is 633. The molecule has 1 fully saturated rings. The van der Waals surface area contributed by atoms with Crippen molar-refractivity contribution >= 4 is 5.91 Å². The van der Waals surface area contributed by atoms with Crippen LogP contribution in [0.5, 0.6) is 11.8 Å². The van der Waals surface area contributed by atoms with Gasteiger partial charge < -0.3 is 14.4 Å². The van der Waals surface area contributed by atoms with E-state index in [9.17, 15) is 4.79 Å². The molecule has 2 aromatic heterocycles. The van der Waals surface area contributed by atoms with Crippen LogP contribution >= 0.6 is 0 Å². The molecule has 0 N–H and O–H groups in total. The second kappa shape index (κ2) is 6.38. The van der Waals surface area contributed by atoms with Gasteiger partial charge in [0.1, 0.15) is 6.10 Å². The zero-order valence-electron chi connectivity index (χ0n) is 12.2. The molecule has 7 heteroatoms. The van der Waals surface area contributed by atoms with Crippen molar-refractivity contribution in [2.45, 2.75) is 12.5 Å². The molecule has 1 aliphatic heterocycles. The van der Waals surface area contributed by atoms with Gasteiger partial charge in [0.25, 0.3) is 5.91 Å². The highest BCUT2D eigenvalue weighted by atomic mass is 16.5.